The predicted octanol–water partition coefficient (Wildman–Crippen LogP) is -0.284. The fourth-order valence-corrected chi connectivity index (χ4v) is 1.17. The van der Waals surface area contributed by atoms with Gasteiger partial charge in [-0.2, -0.15) is 8.42 Å². The summed E-state index contributed by atoms with van der Waals surface area (Å²) in [6.45, 7) is 3.30. The molecule has 0 radical (unpaired) electrons. The molecule has 0 atom stereocenters. The number of rotatable bonds is 5. The molecule has 0 aromatic carbocycles. The molecule has 13 heavy (non-hydrogen) atoms. The highest BCUT2D eigenvalue weighted by molar-refractivity contribution is 7.85. The van der Waals surface area contributed by atoms with Crippen LogP contribution >= 0.6 is 0 Å². The SMILES string of the molecule is C=C(CCCS(=O)(=O)O)C(=O)NO. The Labute approximate surface area is 76.0 Å². The van der Waals surface area contributed by atoms with Crippen LogP contribution in [-0.2, 0) is 14.9 Å². The molecule has 0 heterocycles. The quantitative estimate of drug-likeness (QED) is 0.250. The second kappa shape index (κ2) is 4.95. The van der Waals surface area contributed by atoms with Gasteiger partial charge in [-0.25, -0.2) is 5.48 Å². The van der Waals surface area contributed by atoms with E-state index in [0.717, 1.165) is 0 Å². The molecule has 0 fully saturated rings. The summed E-state index contributed by atoms with van der Waals surface area (Å²) in [5.74, 6) is -1.18. The number of hydroxylamine groups is 1. The Hall–Kier alpha value is -0.920. The molecule has 6 nitrogen and oxygen atoms in total. The molecule has 0 aromatic heterocycles. The van der Waals surface area contributed by atoms with Gasteiger partial charge in [-0.05, 0) is 12.8 Å². The van der Waals surface area contributed by atoms with Crippen LogP contribution in [-0.4, -0.2) is 29.8 Å². The van der Waals surface area contributed by atoms with Crippen molar-refractivity contribution in [1.82, 2.24) is 5.48 Å². The van der Waals surface area contributed by atoms with Crippen molar-refractivity contribution in [3.8, 4) is 0 Å². The molecule has 0 saturated heterocycles. The lowest BCUT2D eigenvalue weighted by Crippen LogP contribution is -2.20. The monoisotopic (exact) mass is 209 g/mol. The fraction of sp³-hybridized carbons (Fsp3) is 0.500. The largest absolute Gasteiger partial charge is 0.288 e. The number of nitrogens with one attached hydrogen (secondary N) is 1. The van der Waals surface area contributed by atoms with Gasteiger partial charge in [0, 0.05) is 5.57 Å². The maximum absolute atomic E-state index is 10.6. The Morgan fingerprint density at radius 3 is 2.38 bits per heavy atom. The lowest BCUT2D eigenvalue weighted by Gasteiger charge is -2.01. The first-order valence-electron chi connectivity index (χ1n) is 3.44. The van der Waals surface area contributed by atoms with Crippen molar-refractivity contribution in [2.24, 2.45) is 0 Å². The third-order valence-electron chi connectivity index (χ3n) is 1.30. The smallest absolute Gasteiger partial charge is 0.269 e. The summed E-state index contributed by atoms with van der Waals surface area (Å²) in [7, 11) is -3.99. The van der Waals surface area contributed by atoms with Crippen LogP contribution in [0.25, 0.3) is 0 Å². The summed E-state index contributed by atoms with van der Waals surface area (Å²) in [4.78, 5) is 10.6. The average Bonchev–Trinajstić information content (AvgIpc) is 2.00. The summed E-state index contributed by atoms with van der Waals surface area (Å²) >= 11 is 0. The van der Waals surface area contributed by atoms with Gasteiger partial charge in [-0.3, -0.25) is 14.6 Å². The van der Waals surface area contributed by atoms with Crippen LogP contribution in [0.1, 0.15) is 12.8 Å². The minimum absolute atomic E-state index is 0.0613. The van der Waals surface area contributed by atoms with Crippen molar-refractivity contribution in [1.29, 1.82) is 0 Å². The molecule has 0 saturated carbocycles. The number of hydrogen-bond donors (Lipinski definition) is 3. The van der Waals surface area contributed by atoms with Crippen LogP contribution < -0.4 is 5.48 Å². The van der Waals surface area contributed by atoms with Crippen molar-refractivity contribution in [2.45, 2.75) is 12.8 Å². The van der Waals surface area contributed by atoms with Gasteiger partial charge in [-0.15, -0.1) is 0 Å². The Bertz CT molecular complexity index is 294. The highest BCUT2D eigenvalue weighted by atomic mass is 32.2. The maximum Gasteiger partial charge on any atom is 0.269 e. The van der Waals surface area contributed by atoms with Crippen LogP contribution in [0.15, 0.2) is 12.2 Å². The van der Waals surface area contributed by atoms with E-state index >= 15 is 0 Å². The van der Waals surface area contributed by atoms with E-state index in [1.54, 1.807) is 0 Å². The van der Waals surface area contributed by atoms with E-state index in [-0.39, 0.29) is 18.4 Å². The summed E-state index contributed by atoms with van der Waals surface area (Å²) in [5.41, 5.74) is 1.42. The zero-order chi connectivity index (χ0) is 10.5. The van der Waals surface area contributed by atoms with Gasteiger partial charge in [0.2, 0.25) is 0 Å². The van der Waals surface area contributed by atoms with Gasteiger partial charge < -0.3 is 0 Å². The Balaban J connectivity index is 3.79. The Morgan fingerprint density at radius 1 is 1.46 bits per heavy atom. The molecule has 76 valence electrons. The Kier molecular flexibility index (Phi) is 4.60. The van der Waals surface area contributed by atoms with Crippen LogP contribution in [0.5, 0.6) is 0 Å². The zero-order valence-electron chi connectivity index (χ0n) is 6.86. The fourth-order valence-electron chi connectivity index (χ4n) is 0.661. The number of carbonyl (C=O) groups is 1. The van der Waals surface area contributed by atoms with Crippen LogP contribution in [0.2, 0.25) is 0 Å². The maximum atomic E-state index is 10.6. The van der Waals surface area contributed by atoms with Gasteiger partial charge >= 0.3 is 0 Å². The lowest BCUT2D eigenvalue weighted by atomic mass is 10.2. The molecule has 7 heteroatoms. The van der Waals surface area contributed by atoms with Crippen molar-refractivity contribution in [3.63, 3.8) is 0 Å². The first-order valence-corrected chi connectivity index (χ1v) is 5.05. The standard InChI is InChI=1S/C6H11NO5S/c1-5(6(8)7-9)3-2-4-13(10,11)12/h9H,1-4H2,(H,7,8)(H,10,11,12). The first kappa shape index (κ1) is 12.1. The van der Waals surface area contributed by atoms with Gasteiger partial charge in [0.05, 0.1) is 5.75 Å². The first-order chi connectivity index (χ1) is 5.87. The van der Waals surface area contributed by atoms with Crippen molar-refractivity contribution in [3.05, 3.63) is 12.2 Å². The van der Waals surface area contributed by atoms with Crippen molar-refractivity contribution < 1.29 is 23.0 Å². The third-order valence-corrected chi connectivity index (χ3v) is 2.11. The molecular formula is C6H11NO5S. The summed E-state index contributed by atoms with van der Waals surface area (Å²) < 4.78 is 28.8. The third kappa shape index (κ3) is 6.26. The van der Waals surface area contributed by atoms with Crippen molar-refractivity contribution >= 4 is 16.0 Å². The molecule has 1 amide bonds. The van der Waals surface area contributed by atoms with E-state index in [9.17, 15) is 13.2 Å². The van der Waals surface area contributed by atoms with Gasteiger partial charge in [0.1, 0.15) is 0 Å². The molecule has 0 spiro atoms. The van der Waals surface area contributed by atoms with E-state index in [2.05, 4.69) is 6.58 Å². The zero-order valence-corrected chi connectivity index (χ0v) is 7.67. The van der Waals surface area contributed by atoms with Crippen LogP contribution in [0.3, 0.4) is 0 Å². The molecule has 0 aliphatic rings. The molecule has 0 aliphatic heterocycles. The van der Waals surface area contributed by atoms with E-state index in [4.69, 9.17) is 9.76 Å². The topological polar surface area (TPSA) is 104 Å². The summed E-state index contributed by atoms with van der Waals surface area (Å²) in [6.07, 6.45) is 0.192. The average molecular weight is 209 g/mol. The minimum Gasteiger partial charge on any atom is -0.288 e. The van der Waals surface area contributed by atoms with Gasteiger partial charge in [0.25, 0.3) is 16.0 Å². The van der Waals surface area contributed by atoms with Gasteiger partial charge in [-0.1, -0.05) is 6.58 Å². The normalized spacial score (nSPS) is 10.9. The molecule has 0 bridgehead atoms. The van der Waals surface area contributed by atoms with E-state index in [1.807, 2.05) is 0 Å². The second-order valence-electron chi connectivity index (χ2n) is 2.43. The number of carbonyl (C=O) groups excluding carboxylic acids is 1. The highest BCUT2D eigenvalue weighted by Gasteiger charge is 2.08. The highest BCUT2D eigenvalue weighted by Crippen LogP contribution is 2.03. The molecular weight excluding hydrogens is 198 g/mol. The minimum atomic E-state index is -3.99. The lowest BCUT2D eigenvalue weighted by molar-refractivity contribution is -0.125. The molecule has 0 aliphatic carbocycles. The number of hydrogen-bond acceptors (Lipinski definition) is 4. The van der Waals surface area contributed by atoms with Gasteiger partial charge in [0.15, 0.2) is 0 Å². The van der Waals surface area contributed by atoms with E-state index in [0.29, 0.717) is 0 Å². The predicted molar refractivity (Wildman–Crippen MR) is 44.7 cm³/mol. The molecule has 0 aromatic rings. The van der Waals surface area contributed by atoms with Crippen molar-refractivity contribution in [2.75, 3.05) is 5.75 Å². The van der Waals surface area contributed by atoms with Crippen LogP contribution in [0, 0.1) is 0 Å². The molecule has 0 rings (SSSR count). The van der Waals surface area contributed by atoms with Crippen LogP contribution in [0.4, 0.5) is 0 Å². The van der Waals surface area contributed by atoms with E-state index < -0.39 is 21.8 Å². The van der Waals surface area contributed by atoms with E-state index in [1.165, 1.54) is 5.48 Å². The number of amides is 1. The summed E-state index contributed by atoms with van der Waals surface area (Å²) in [5, 5.41) is 8.14. The Morgan fingerprint density at radius 2 is 2.00 bits per heavy atom. The molecule has 3 N–H and O–H groups in total. The summed E-state index contributed by atoms with van der Waals surface area (Å²) in [6, 6.07) is 0. The molecule has 0 unspecified atom stereocenters. The second-order valence-corrected chi connectivity index (χ2v) is 4.01.